The molecule has 1 N–H and O–H groups in total. The van der Waals surface area contributed by atoms with Crippen molar-refractivity contribution in [2.24, 2.45) is 5.92 Å². The Balaban J connectivity index is 1.53. The van der Waals surface area contributed by atoms with Crippen molar-refractivity contribution in [1.29, 1.82) is 0 Å². The molecular formula is C19H25BrN2O6S. The number of hydrogen-bond acceptors (Lipinski definition) is 6. The Kier molecular flexibility index (Phi) is 6.72. The number of sulfone groups is 1. The number of methoxy groups -OCH3 is 2. The van der Waals surface area contributed by atoms with Crippen molar-refractivity contribution in [3.8, 4) is 11.5 Å². The summed E-state index contributed by atoms with van der Waals surface area (Å²) in [4.78, 5) is 26.4. The van der Waals surface area contributed by atoms with Crippen molar-refractivity contribution >= 4 is 37.6 Å². The Labute approximate surface area is 179 Å². The first kappa shape index (κ1) is 21.9. The van der Waals surface area contributed by atoms with Gasteiger partial charge in [0.25, 0.3) is 0 Å². The summed E-state index contributed by atoms with van der Waals surface area (Å²) in [5, 5.41) is 2.89. The topological polar surface area (TPSA) is 102 Å². The molecule has 0 aromatic heterocycles. The maximum absolute atomic E-state index is 12.5. The van der Waals surface area contributed by atoms with Crippen LogP contribution in [0.2, 0.25) is 0 Å². The van der Waals surface area contributed by atoms with Gasteiger partial charge < -0.3 is 19.7 Å². The quantitative estimate of drug-likeness (QED) is 0.617. The predicted octanol–water partition coefficient (Wildman–Crippen LogP) is 1.16. The fraction of sp³-hybridized carbons (Fsp3) is 0.579. The van der Waals surface area contributed by atoms with Crippen molar-refractivity contribution in [3.05, 3.63) is 22.2 Å². The van der Waals surface area contributed by atoms with Gasteiger partial charge in [0.2, 0.25) is 11.8 Å². The zero-order valence-corrected chi connectivity index (χ0v) is 18.8. The first-order valence-electron chi connectivity index (χ1n) is 9.42. The van der Waals surface area contributed by atoms with E-state index in [2.05, 4.69) is 21.2 Å². The predicted molar refractivity (Wildman–Crippen MR) is 111 cm³/mol. The molecule has 0 radical (unpaired) electrons. The largest absolute Gasteiger partial charge is 0.493 e. The van der Waals surface area contributed by atoms with E-state index in [0.717, 1.165) is 10.0 Å². The molecule has 1 aromatic carbocycles. The van der Waals surface area contributed by atoms with Gasteiger partial charge in [-0.2, -0.15) is 0 Å². The van der Waals surface area contributed by atoms with Gasteiger partial charge in [0.15, 0.2) is 21.3 Å². The van der Waals surface area contributed by atoms with Gasteiger partial charge in [-0.25, -0.2) is 8.42 Å². The van der Waals surface area contributed by atoms with Crippen LogP contribution >= 0.6 is 15.9 Å². The van der Waals surface area contributed by atoms with Crippen molar-refractivity contribution in [2.75, 3.05) is 38.8 Å². The molecule has 2 atom stereocenters. The van der Waals surface area contributed by atoms with Crippen LogP contribution in [0.4, 0.5) is 0 Å². The molecule has 29 heavy (non-hydrogen) atoms. The number of halogens is 1. The fourth-order valence-corrected chi connectivity index (χ4v) is 6.09. The van der Waals surface area contributed by atoms with Crippen molar-refractivity contribution in [3.63, 3.8) is 0 Å². The fourth-order valence-electron chi connectivity index (χ4n) is 3.83. The Morgan fingerprint density at radius 3 is 2.59 bits per heavy atom. The third-order valence-corrected chi connectivity index (χ3v) is 7.91. The van der Waals surface area contributed by atoms with Crippen LogP contribution < -0.4 is 14.8 Å². The zero-order valence-electron chi connectivity index (χ0n) is 16.4. The monoisotopic (exact) mass is 488 g/mol. The number of carbonyl (C=O) groups is 2. The van der Waals surface area contributed by atoms with E-state index in [9.17, 15) is 18.0 Å². The van der Waals surface area contributed by atoms with Crippen LogP contribution in [-0.4, -0.2) is 70.0 Å². The minimum Gasteiger partial charge on any atom is -0.493 e. The summed E-state index contributed by atoms with van der Waals surface area (Å²) >= 11 is 3.50. The molecule has 10 heteroatoms. The van der Waals surface area contributed by atoms with Gasteiger partial charge in [0, 0.05) is 30.0 Å². The minimum atomic E-state index is -3.07. The minimum absolute atomic E-state index is 0.000405. The molecule has 2 heterocycles. The number of nitrogens with zero attached hydrogens (tertiary/aromatic N) is 1. The summed E-state index contributed by atoms with van der Waals surface area (Å²) in [6, 6.07) is 3.38. The van der Waals surface area contributed by atoms with Gasteiger partial charge in [0.1, 0.15) is 0 Å². The number of carbonyl (C=O) groups excluding carboxylic acids is 2. The smallest absolute Gasteiger partial charge is 0.225 e. The van der Waals surface area contributed by atoms with Gasteiger partial charge in [-0.3, -0.25) is 9.59 Å². The molecule has 1 aromatic rings. The lowest BCUT2D eigenvalue weighted by atomic mass is 10.1. The average molecular weight is 489 g/mol. The summed E-state index contributed by atoms with van der Waals surface area (Å²) in [6.07, 6.45) is 1.16. The van der Waals surface area contributed by atoms with Gasteiger partial charge in [-0.05, 0) is 30.5 Å². The zero-order chi connectivity index (χ0) is 21.2. The SMILES string of the molecule is COc1cc(Br)c(CCNC(=O)C2CC(=O)N(C3CCS(=O)(=O)C3)C2)cc1OC. The van der Waals surface area contributed by atoms with Gasteiger partial charge in [-0.1, -0.05) is 15.9 Å². The van der Waals surface area contributed by atoms with Gasteiger partial charge in [-0.15, -0.1) is 0 Å². The van der Waals surface area contributed by atoms with Crippen LogP contribution in [0.25, 0.3) is 0 Å². The number of likely N-dealkylation sites (tertiary alicyclic amines) is 1. The molecule has 0 saturated carbocycles. The van der Waals surface area contributed by atoms with Crippen LogP contribution in [0.15, 0.2) is 16.6 Å². The van der Waals surface area contributed by atoms with Crippen molar-refractivity contribution in [1.82, 2.24) is 10.2 Å². The Bertz CT molecular complexity index is 904. The van der Waals surface area contributed by atoms with E-state index >= 15 is 0 Å². The van der Waals surface area contributed by atoms with Crippen LogP contribution in [0.1, 0.15) is 18.4 Å². The molecule has 2 fully saturated rings. The van der Waals surface area contributed by atoms with E-state index in [1.165, 1.54) is 0 Å². The Hall–Kier alpha value is -1.81. The molecule has 0 aliphatic carbocycles. The normalized spacial score (nSPS) is 23.3. The third-order valence-electron chi connectivity index (χ3n) is 5.42. The molecule has 0 bridgehead atoms. The summed E-state index contributed by atoms with van der Waals surface area (Å²) in [6.45, 7) is 0.695. The van der Waals surface area contributed by atoms with Gasteiger partial charge in [0.05, 0.1) is 31.6 Å². The highest BCUT2D eigenvalue weighted by Gasteiger charge is 2.41. The maximum Gasteiger partial charge on any atom is 0.225 e. The van der Waals surface area contributed by atoms with Crippen molar-refractivity contribution in [2.45, 2.75) is 25.3 Å². The molecule has 3 rings (SSSR count). The molecule has 0 spiro atoms. The molecule has 2 amide bonds. The van der Waals surface area contributed by atoms with E-state index in [1.54, 1.807) is 19.1 Å². The maximum atomic E-state index is 12.5. The first-order valence-corrected chi connectivity index (χ1v) is 12.0. The molecule has 2 saturated heterocycles. The molecule has 2 unspecified atom stereocenters. The van der Waals surface area contributed by atoms with E-state index < -0.39 is 15.8 Å². The Morgan fingerprint density at radius 1 is 1.28 bits per heavy atom. The lowest BCUT2D eigenvalue weighted by Gasteiger charge is -2.23. The second-order valence-corrected chi connectivity index (χ2v) is 10.4. The number of ether oxygens (including phenoxy) is 2. The first-order chi connectivity index (χ1) is 13.7. The third kappa shape index (κ3) is 5.03. The number of amides is 2. The highest BCUT2D eigenvalue weighted by atomic mass is 79.9. The number of hydrogen-bond donors (Lipinski definition) is 1. The van der Waals surface area contributed by atoms with Crippen LogP contribution in [0.3, 0.4) is 0 Å². The summed E-state index contributed by atoms with van der Waals surface area (Å²) in [5.74, 6) is 0.567. The molecule has 160 valence electrons. The van der Waals surface area contributed by atoms with E-state index in [0.29, 0.717) is 30.9 Å². The van der Waals surface area contributed by atoms with E-state index in [-0.39, 0.29) is 42.3 Å². The van der Waals surface area contributed by atoms with Gasteiger partial charge >= 0.3 is 0 Å². The van der Waals surface area contributed by atoms with E-state index in [1.807, 2.05) is 12.1 Å². The van der Waals surface area contributed by atoms with Crippen molar-refractivity contribution < 1.29 is 27.5 Å². The van der Waals surface area contributed by atoms with E-state index in [4.69, 9.17) is 9.47 Å². The summed E-state index contributed by atoms with van der Waals surface area (Å²) in [7, 11) is 0.0602. The average Bonchev–Trinajstić information content (AvgIpc) is 3.24. The molecule has 2 aliphatic heterocycles. The van der Waals surface area contributed by atoms with Crippen LogP contribution in [0.5, 0.6) is 11.5 Å². The summed E-state index contributed by atoms with van der Waals surface area (Å²) in [5.41, 5.74) is 0.961. The Morgan fingerprint density at radius 2 is 1.97 bits per heavy atom. The highest BCUT2D eigenvalue weighted by molar-refractivity contribution is 9.10. The second-order valence-electron chi connectivity index (χ2n) is 7.34. The number of benzene rings is 1. The molecule has 2 aliphatic rings. The second kappa shape index (κ2) is 8.91. The van der Waals surface area contributed by atoms with Crippen LogP contribution in [0, 0.1) is 5.92 Å². The van der Waals surface area contributed by atoms with Crippen LogP contribution in [-0.2, 0) is 25.8 Å². The number of rotatable bonds is 7. The molecule has 8 nitrogen and oxygen atoms in total. The molecular weight excluding hydrogens is 464 g/mol. The lowest BCUT2D eigenvalue weighted by Crippen LogP contribution is -2.39. The number of nitrogens with one attached hydrogen (secondary N) is 1. The lowest BCUT2D eigenvalue weighted by molar-refractivity contribution is -0.130. The highest BCUT2D eigenvalue weighted by Crippen LogP contribution is 2.33. The summed E-state index contributed by atoms with van der Waals surface area (Å²) < 4.78 is 34.8. The standard InChI is InChI=1S/C19H25BrN2O6S/c1-27-16-7-12(15(20)9-17(16)28-2)3-5-21-19(24)13-8-18(23)22(10-13)14-4-6-29(25,26)11-14/h7,9,13-14H,3-6,8,10-11H2,1-2H3,(H,21,24).